The van der Waals surface area contributed by atoms with E-state index in [1.165, 1.54) is 18.2 Å². The number of hydrogen-bond donors (Lipinski definition) is 1. The zero-order valence-electron chi connectivity index (χ0n) is 10.9. The fourth-order valence-electron chi connectivity index (χ4n) is 1.30. The van der Waals surface area contributed by atoms with Crippen molar-refractivity contribution in [2.24, 2.45) is 0 Å². The summed E-state index contributed by atoms with van der Waals surface area (Å²) in [7, 11) is 0. The van der Waals surface area contributed by atoms with Crippen LogP contribution in [0.3, 0.4) is 0 Å². The van der Waals surface area contributed by atoms with E-state index in [4.69, 9.17) is 4.74 Å². The van der Waals surface area contributed by atoms with Crippen molar-refractivity contribution in [3.8, 4) is 0 Å². The molecular formula is C13H15BrFNO3. The molecule has 0 saturated carbocycles. The van der Waals surface area contributed by atoms with Crippen LogP contribution in [0.15, 0.2) is 22.7 Å². The molecule has 1 aromatic carbocycles. The van der Waals surface area contributed by atoms with Gasteiger partial charge in [-0.25, -0.2) is 4.39 Å². The second-order valence-electron chi connectivity index (χ2n) is 4.89. The van der Waals surface area contributed by atoms with Gasteiger partial charge in [-0.1, -0.05) is 0 Å². The number of ether oxygens (including phenoxy) is 1. The summed E-state index contributed by atoms with van der Waals surface area (Å²) in [6, 6.07) is 3.69. The molecule has 0 fully saturated rings. The Kier molecular flexibility index (Phi) is 5.05. The van der Waals surface area contributed by atoms with Gasteiger partial charge in [-0.05, 0) is 54.9 Å². The minimum Gasteiger partial charge on any atom is -0.459 e. The summed E-state index contributed by atoms with van der Waals surface area (Å²) in [5.41, 5.74) is -0.344. The second kappa shape index (κ2) is 6.14. The lowest BCUT2D eigenvalue weighted by molar-refractivity contribution is -0.153. The predicted octanol–water partition coefficient (Wildman–Crippen LogP) is 2.66. The highest BCUT2D eigenvalue weighted by Gasteiger charge is 2.17. The number of hydrogen-bond acceptors (Lipinski definition) is 3. The van der Waals surface area contributed by atoms with Crippen LogP contribution in [0.2, 0.25) is 0 Å². The van der Waals surface area contributed by atoms with Crippen molar-refractivity contribution in [3.63, 3.8) is 0 Å². The van der Waals surface area contributed by atoms with E-state index in [1.807, 2.05) is 0 Å². The summed E-state index contributed by atoms with van der Waals surface area (Å²) < 4.78 is 18.3. The first-order chi connectivity index (χ1) is 8.69. The molecule has 0 heterocycles. The molecule has 0 atom stereocenters. The molecule has 1 aromatic rings. The third-order valence-electron chi connectivity index (χ3n) is 1.99. The van der Waals surface area contributed by atoms with Gasteiger partial charge in [-0.15, -0.1) is 0 Å². The highest BCUT2D eigenvalue weighted by molar-refractivity contribution is 9.10. The van der Waals surface area contributed by atoms with Gasteiger partial charge in [-0.3, -0.25) is 9.59 Å². The van der Waals surface area contributed by atoms with E-state index in [2.05, 4.69) is 21.2 Å². The van der Waals surface area contributed by atoms with Gasteiger partial charge in [0.2, 0.25) is 0 Å². The minimum atomic E-state index is -0.599. The maximum Gasteiger partial charge on any atom is 0.325 e. The molecule has 0 aromatic heterocycles. The molecule has 0 spiro atoms. The Bertz CT molecular complexity index is 497. The van der Waals surface area contributed by atoms with E-state index in [9.17, 15) is 14.0 Å². The summed E-state index contributed by atoms with van der Waals surface area (Å²) in [5.74, 6) is -1.45. The number of carbonyl (C=O) groups excluding carboxylic acids is 2. The maximum atomic E-state index is 12.9. The van der Waals surface area contributed by atoms with Gasteiger partial charge in [0.15, 0.2) is 0 Å². The normalized spacial score (nSPS) is 11.0. The number of carbonyl (C=O) groups is 2. The van der Waals surface area contributed by atoms with Crippen LogP contribution < -0.4 is 5.32 Å². The van der Waals surface area contributed by atoms with Gasteiger partial charge in [0.1, 0.15) is 18.0 Å². The van der Waals surface area contributed by atoms with E-state index in [0.717, 1.165) is 0 Å². The Balaban J connectivity index is 2.59. The van der Waals surface area contributed by atoms with Gasteiger partial charge in [-0.2, -0.15) is 0 Å². The van der Waals surface area contributed by atoms with Crippen LogP contribution in [0.4, 0.5) is 4.39 Å². The summed E-state index contributed by atoms with van der Waals surface area (Å²) in [4.78, 5) is 23.2. The second-order valence-corrected chi connectivity index (χ2v) is 5.75. The molecule has 104 valence electrons. The number of nitrogens with one attached hydrogen (secondary N) is 1. The smallest absolute Gasteiger partial charge is 0.325 e. The third-order valence-corrected chi connectivity index (χ3v) is 2.65. The van der Waals surface area contributed by atoms with E-state index in [1.54, 1.807) is 20.8 Å². The number of esters is 1. The van der Waals surface area contributed by atoms with E-state index >= 15 is 0 Å². The van der Waals surface area contributed by atoms with Crippen LogP contribution in [0.5, 0.6) is 0 Å². The van der Waals surface area contributed by atoms with Crippen molar-refractivity contribution in [2.45, 2.75) is 26.4 Å². The molecule has 1 amide bonds. The van der Waals surface area contributed by atoms with E-state index < -0.39 is 23.3 Å². The van der Waals surface area contributed by atoms with Gasteiger partial charge in [0.25, 0.3) is 5.91 Å². The van der Waals surface area contributed by atoms with Crippen molar-refractivity contribution >= 4 is 27.8 Å². The zero-order chi connectivity index (χ0) is 14.6. The van der Waals surface area contributed by atoms with Crippen LogP contribution in [0.1, 0.15) is 31.1 Å². The Morgan fingerprint density at radius 3 is 2.53 bits per heavy atom. The van der Waals surface area contributed by atoms with Crippen LogP contribution >= 0.6 is 15.9 Å². The topological polar surface area (TPSA) is 55.4 Å². The Morgan fingerprint density at radius 1 is 1.37 bits per heavy atom. The molecule has 0 bridgehead atoms. The van der Waals surface area contributed by atoms with Crippen molar-refractivity contribution in [3.05, 3.63) is 34.1 Å². The Hall–Kier alpha value is -1.43. The molecule has 4 nitrogen and oxygen atoms in total. The first-order valence-electron chi connectivity index (χ1n) is 5.64. The highest BCUT2D eigenvalue weighted by atomic mass is 79.9. The average molecular weight is 332 g/mol. The number of amides is 1. The fourth-order valence-corrected chi connectivity index (χ4v) is 1.83. The molecule has 0 aliphatic heterocycles. The average Bonchev–Trinajstić information content (AvgIpc) is 2.23. The highest BCUT2D eigenvalue weighted by Crippen LogP contribution is 2.17. The zero-order valence-corrected chi connectivity index (χ0v) is 12.5. The SMILES string of the molecule is CC(C)(C)OC(=O)CNC(=O)c1ccc(F)cc1Br. The van der Waals surface area contributed by atoms with Crippen molar-refractivity contribution < 1.29 is 18.7 Å². The summed E-state index contributed by atoms with van der Waals surface area (Å²) >= 11 is 3.09. The molecule has 0 saturated heterocycles. The molecule has 1 N–H and O–H groups in total. The first-order valence-corrected chi connectivity index (χ1v) is 6.43. The molecule has 0 aliphatic rings. The monoisotopic (exact) mass is 331 g/mol. The van der Waals surface area contributed by atoms with Crippen molar-refractivity contribution in [1.82, 2.24) is 5.32 Å². The standard InChI is InChI=1S/C13H15BrFNO3/c1-13(2,3)19-11(17)7-16-12(18)9-5-4-8(15)6-10(9)14/h4-6H,7H2,1-3H3,(H,16,18). The maximum absolute atomic E-state index is 12.9. The quantitative estimate of drug-likeness (QED) is 0.866. The summed E-state index contributed by atoms with van der Waals surface area (Å²) in [6.07, 6.45) is 0. The van der Waals surface area contributed by atoms with Gasteiger partial charge < -0.3 is 10.1 Å². The van der Waals surface area contributed by atoms with Gasteiger partial charge >= 0.3 is 5.97 Å². The summed E-state index contributed by atoms with van der Waals surface area (Å²) in [6.45, 7) is 4.98. The van der Waals surface area contributed by atoms with Crippen LogP contribution in [0, 0.1) is 5.82 Å². The molecule has 1 rings (SSSR count). The molecule has 0 aliphatic carbocycles. The molecule has 6 heteroatoms. The first kappa shape index (κ1) is 15.6. The van der Waals surface area contributed by atoms with Crippen molar-refractivity contribution in [1.29, 1.82) is 0 Å². The predicted molar refractivity (Wildman–Crippen MR) is 72.3 cm³/mol. The number of halogens is 2. The lowest BCUT2D eigenvalue weighted by Gasteiger charge is -2.19. The molecular weight excluding hydrogens is 317 g/mol. The Morgan fingerprint density at radius 2 is 2.00 bits per heavy atom. The van der Waals surface area contributed by atoms with Crippen LogP contribution in [-0.4, -0.2) is 24.0 Å². The molecule has 19 heavy (non-hydrogen) atoms. The van der Waals surface area contributed by atoms with Crippen LogP contribution in [0.25, 0.3) is 0 Å². The lowest BCUT2D eigenvalue weighted by Crippen LogP contribution is -2.34. The van der Waals surface area contributed by atoms with Crippen molar-refractivity contribution in [2.75, 3.05) is 6.54 Å². The Labute approximate surface area is 119 Å². The van der Waals surface area contributed by atoms with Crippen LogP contribution in [-0.2, 0) is 9.53 Å². The van der Waals surface area contributed by atoms with E-state index in [-0.39, 0.29) is 12.1 Å². The number of benzene rings is 1. The largest absolute Gasteiger partial charge is 0.459 e. The minimum absolute atomic E-state index is 0.236. The van der Waals surface area contributed by atoms with E-state index in [0.29, 0.717) is 4.47 Å². The summed E-state index contributed by atoms with van der Waals surface area (Å²) in [5, 5.41) is 2.42. The van der Waals surface area contributed by atoms with Gasteiger partial charge in [0.05, 0.1) is 5.56 Å². The third kappa shape index (κ3) is 5.38. The molecule has 0 radical (unpaired) electrons. The number of rotatable bonds is 3. The lowest BCUT2D eigenvalue weighted by atomic mass is 10.2. The molecule has 0 unspecified atom stereocenters. The van der Waals surface area contributed by atoms with Gasteiger partial charge in [0, 0.05) is 4.47 Å². The fraction of sp³-hybridized carbons (Fsp3) is 0.385.